The van der Waals surface area contributed by atoms with E-state index in [-0.39, 0.29) is 11.2 Å². The SMILES string of the molecule is O=c1ccn(CC[C@@H]2C[C@H]2c2ccccc2)c(=O)[nH]1. The number of nitrogens with zero attached hydrogens (tertiary/aromatic N) is 1. The summed E-state index contributed by atoms with van der Waals surface area (Å²) in [6.45, 7) is 0.670. The first kappa shape index (κ1) is 12.0. The van der Waals surface area contributed by atoms with Crippen LogP contribution in [0.1, 0.15) is 24.3 Å². The fourth-order valence-electron chi connectivity index (χ4n) is 2.60. The molecule has 1 fully saturated rings. The Kier molecular flexibility index (Phi) is 3.07. The summed E-state index contributed by atoms with van der Waals surface area (Å²) in [6.07, 6.45) is 3.74. The molecule has 0 amide bonds. The monoisotopic (exact) mass is 256 g/mol. The highest BCUT2D eigenvalue weighted by Crippen LogP contribution is 2.49. The van der Waals surface area contributed by atoms with Crippen molar-refractivity contribution in [3.8, 4) is 0 Å². The molecule has 1 aliphatic rings. The van der Waals surface area contributed by atoms with Gasteiger partial charge in [0.2, 0.25) is 0 Å². The van der Waals surface area contributed by atoms with Crippen LogP contribution >= 0.6 is 0 Å². The molecule has 1 heterocycles. The highest BCUT2D eigenvalue weighted by atomic mass is 16.2. The van der Waals surface area contributed by atoms with Gasteiger partial charge in [-0.2, -0.15) is 0 Å². The Morgan fingerprint density at radius 2 is 1.95 bits per heavy atom. The molecule has 4 nitrogen and oxygen atoms in total. The Labute approximate surface area is 110 Å². The first-order valence-corrected chi connectivity index (χ1v) is 6.59. The van der Waals surface area contributed by atoms with Crippen LogP contribution in [0.4, 0.5) is 0 Å². The zero-order valence-corrected chi connectivity index (χ0v) is 10.6. The van der Waals surface area contributed by atoms with E-state index in [1.165, 1.54) is 18.1 Å². The van der Waals surface area contributed by atoms with Crippen LogP contribution in [0.3, 0.4) is 0 Å². The first-order valence-electron chi connectivity index (χ1n) is 6.59. The molecule has 0 radical (unpaired) electrons. The number of H-pyrrole nitrogens is 1. The lowest BCUT2D eigenvalue weighted by atomic mass is 10.1. The van der Waals surface area contributed by atoms with Gasteiger partial charge in [0.25, 0.3) is 5.56 Å². The van der Waals surface area contributed by atoms with E-state index in [2.05, 4.69) is 29.2 Å². The molecule has 1 N–H and O–H groups in total. The largest absolute Gasteiger partial charge is 0.328 e. The van der Waals surface area contributed by atoms with Crippen molar-refractivity contribution in [2.75, 3.05) is 0 Å². The van der Waals surface area contributed by atoms with Crippen molar-refractivity contribution in [2.24, 2.45) is 5.92 Å². The average molecular weight is 256 g/mol. The molecule has 2 aromatic rings. The number of hydrogen-bond acceptors (Lipinski definition) is 2. The fourth-order valence-corrected chi connectivity index (χ4v) is 2.60. The zero-order chi connectivity index (χ0) is 13.2. The van der Waals surface area contributed by atoms with Gasteiger partial charge >= 0.3 is 5.69 Å². The van der Waals surface area contributed by atoms with E-state index in [9.17, 15) is 9.59 Å². The van der Waals surface area contributed by atoms with E-state index in [4.69, 9.17) is 0 Å². The molecule has 2 atom stereocenters. The summed E-state index contributed by atoms with van der Waals surface area (Å²) < 4.78 is 1.57. The van der Waals surface area contributed by atoms with Crippen LogP contribution in [-0.2, 0) is 6.54 Å². The van der Waals surface area contributed by atoms with Gasteiger partial charge in [-0.15, -0.1) is 0 Å². The van der Waals surface area contributed by atoms with E-state index < -0.39 is 0 Å². The molecule has 4 heteroatoms. The van der Waals surface area contributed by atoms with E-state index in [1.807, 2.05) is 6.07 Å². The number of hydrogen-bond donors (Lipinski definition) is 1. The number of aromatic amines is 1. The Morgan fingerprint density at radius 1 is 1.16 bits per heavy atom. The van der Waals surface area contributed by atoms with Gasteiger partial charge < -0.3 is 4.57 Å². The number of rotatable bonds is 4. The van der Waals surface area contributed by atoms with Crippen molar-refractivity contribution >= 4 is 0 Å². The molecule has 1 saturated carbocycles. The summed E-state index contributed by atoms with van der Waals surface area (Å²) in [5.41, 5.74) is 0.737. The smallest absolute Gasteiger partial charge is 0.301 e. The minimum Gasteiger partial charge on any atom is -0.301 e. The average Bonchev–Trinajstić information content (AvgIpc) is 3.18. The molecule has 1 aliphatic carbocycles. The second kappa shape index (κ2) is 4.88. The van der Waals surface area contributed by atoms with Gasteiger partial charge in [0, 0.05) is 18.8 Å². The molecular formula is C15H16N2O2. The van der Waals surface area contributed by atoms with Gasteiger partial charge in [0.05, 0.1) is 0 Å². The topological polar surface area (TPSA) is 54.9 Å². The molecule has 3 rings (SSSR count). The van der Waals surface area contributed by atoms with Gasteiger partial charge in [-0.05, 0) is 30.2 Å². The molecular weight excluding hydrogens is 240 g/mol. The number of nitrogens with one attached hydrogen (secondary N) is 1. The maximum atomic E-state index is 11.5. The van der Waals surface area contributed by atoms with Gasteiger partial charge in [-0.3, -0.25) is 9.78 Å². The lowest BCUT2D eigenvalue weighted by Crippen LogP contribution is -2.28. The molecule has 19 heavy (non-hydrogen) atoms. The Morgan fingerprint density at radius 3 is 2.68 bits per heavy atom. The summed E-state index contributed by atoms with van der Waals surface area (Å²) in [5, 5.41) is 0. The standard InChI is InChI=1S/C15H16N2O2/c18-14-7-9-17(15(19)16-14)8-6-12-10-13(12)11-4-2-1-3-5-11/h1-5,7,9,12-13H,6,8,10H2,(H,16,18,19)/t12-,13+/m1/s1. The minimum atomic E-state index is -0.338. The Hall–Kier alpha value is -2.10. The van der Waals surface area contributed by atoms with Crippen LogP contribution in [0.25, 0.3) is 0 Å². The van der Waals surface area contributed by atoms with Crippen molar-refractivity contribution in [3.63, 3.8) is 0 Å². The van der Waals surface area contributed by atoms with Gasteiger partial charge in [0.15, 0.2) is 0 Å². The number of aromatic nitrogens is 2. The third-order valence-electron chi connectivity index (χ3n) is 3.79. The minimum absolute atomic E-state index is 0.315. The molecule has 0 unspecified atom stereocenters. The Bertz CT molecular complexity index is 672. The molecule has 98 valence electrons. The van der Waals surface area contributed by atoms with Crippen molar-refractivity contribution < 1.29 is 0 Å². The maximum Gasteiger partial charge on any atom is 0.328 e. The highest BCUT2D eigenvalue weighted by Gasteiger charge is 2.37. The van der Waals surface area contributed by atoms with E-state index in [0.29, 0.717) is 18.4 Å². The quantitative estimate of drug-likeness (QED) is 0.905. The van der Waals surface area contributed by atoms with Crippen LogP contribution < -0.4 is 11.2 Å². The molecule has 0 spiro atoms. The summed E-state index contributed by atoms with van der Waals surface area (Å²) >= 11 is 0. The third-order valence-corrected chi connectivity index (χ3v) is 3.79. The summed E-state index contributed by atoms with van der Waals surface area (Å²) in [4.78, 5) is 24.8. The van der Waals surface area contributed by atoms with Crippen molar-refractivity contribution in [1.29, 1.82) is 0 Å². The summed E-state index contributed by atoms with van der Waals surface area (Å²) in [5.74, 6) is 1.29. The van der Waals surface area contributed by atoms with Crippen molar-refractivity contribution in [1.82, 2.24) is 9.55 Å². The fraction of sp³-hybridized carbons (Fsp3) is 0.333. The van der Waals surface area contributed by atoms with E-state index in [0.717, 1.165) is 6.42 Å². The summed E-state index contributed by atoms with van der Waals surface area (Å²) in [6, 6.07) is 11.9. The van der Waals surface area contributed by atoms with Crippen LogP contribution in [0.2, 0.25) is 0 Å². The molecule has 0 aliphatic heterocycles. The lowest BCUT2D eigenvalue weighted by molar-refractivity contribution is 0.561. The molecule has 1 aromatic heterocycles. The zero-order valence-electron chi connectivity index (χ0n) is 10.6. The van der Waals surface area contributed by atoms with Crippen LogP contribution in [-0.4, -0.2) is 9.55 Å². The van der Waals surface area contributed by atoms with Crippen molar-refractivity contribution in [3.05, 3.63) is 69.0 Å². The maximum absolute atomic E-state index is 11.5. The first-order chi connectivity index (χ1) is 9.24. The summed E-state index contributed by atoms with van der Waals surface area (Å²) in [7, 11) is 0. The normalized spacial score (nSPS) is 21.3. The molecule has 1 aromatic carbocycles. The van der Waals surface area contributed by atoms with Gasteiger partial charge in [-0.1, -0.05) is 30.3 Å². The number of aryl methyl sites for hydroxylation is 1. The predicted molar refractivity (Wildman–Crippen MR) is 73.2 cm³/mol. The second-order valence-corrected chi connectivity index (χ2v) is 5.11. The highest BCUT2D eigenvalue weighted by molar-refractivity contribution is 5.25. The van der Waals surface area contributed by atoms with Gasteiger partial charge in [-0.25, -0.2) is 4.79 Å². The van der Waals surface area contributed by atoms with E-state index >= 15 is 0 Å². The van der Waals surface area contributed by atoms with E-state index in [1.54, 1.807) is 10.8 Å². The third kappa shape index (κ3) is 2.67. The molecule has 0 bridgehead atoms. The Balaban J connectivity index is 1.60. The lowest BCUT2D eigenvalue weighted by Gasteiger charge is -2.04. The second-order valence-electron chi connectivity index (χ2n) is 5.11. The van der Waals surface area contributed by atoms with Gasteiger partial charge in [0.1, 0.15) is 0 Å². The predicted octanol–water partition coefficient (Wildman–Crippen LogP) is 1.73. The number of benzene rings is 1. The van der Waals surface area contributed by atoms with Crippen LogP contribution in [0, 0.1) is 5.92 Å². The van der Waals surface area contributed by atoms with Crippen LogP contribution in [0.15, 0.2) is 52.2 Å². The van der Waals surface area contributed by atoms with Crippen LogP contribution in [0.5, 0.6) is 0 Å². The van der Waals surface area contributed by atoms with Crippen molar-refractivity contribution in [2.45, 2.75) is 25.3 Å². The molecule has 0 saturated heterocycles.